The zero-order valence-corrected chi connectivity index (χ0v) is 9.11. The third-order valence-corrected chi connectivity index (χ3v) is 2.43. The summed E-state index contributed by atoms with van der Waals surface area (Å²) in [5, 5.41) is 1.17. The average molecular weight is 218 g/mol. The standard InChI is InChI=1S/C13H12ClN/c14-8-2-1-4-11-6-7-13-12(10-11)5-3-9-15-13/h1,3-7,9-10H,2,8H2/b4-1+. The molecule has 0 amide bonds. The van der Waals surface area contributed by atoms with Crippen LogP contribution in [0.4, 0.5) is 0 Å². The Hall–Kier alpha value is -1.34. The van der Waals surface area contributed by atoms with Gasteiger partial charge in [0.15, 0.2) is 0 Å². The number of halogens is 1. The van der Waals surface area contributed by atoms with E-state index in [4.69, 9.17) is 11.6 Å². The van der Waals surface area contributed by atoms with E-state index in [2.05, 4.69) is 35.3 Å². The van der Waals surface area contributed by atoms with E-state index in [0.717, 1.165) is 11.9 Å². The number of aromatic nitrogens is 1. The molecule has 0 unspecified atom stereocenters. The lowest BCUT2D eigenvalue weighted by atomic mass is 10.1. The van der Waals surface area contributed by atoms with Crippen LogP contribution in [-0.2, 0) is 0 Å². The van der Waals surface area contributed by atoms with E-state index in [1.807, 2.05) is 18.3 Å². The van der Waals surface area contributed by atoms with Crippen molar-refractivity contribution >= 4 is 28.6 Å². The summed E-state index contributed by atoms with van der Waals surface area (Å²) in [5.41, 5.74) is 2.23. The highest BCUT2D eigenvalue weighted by Gasteiger charge is 1.93. The maximum absolute atomic E-state index is 5.60. The summed E-state index contributed by atoms with van der Waals surface area (Å²) in [6, 6.07) is 10.3. The zero-order chi connectivity index (χ0) is 10.5. The molecule has 1 aromatic carbocycles. The minimum Gasteiger partial charge on any atom is -0.256 e. The molecule has 0 fully saturated rings. The van der Waals surface area contributed by atoms with Gasteiger partial charge in [0.05, 0.1) is 5.52 Å². The van der Waals surface area contributed by atoms with Crippen molar-refractivity contribution in [2.75, 3.05) is 5.88 Å². The van der Waals surface area contributed by atoms with Gasteiger partial charge < -0.3 is 0 Å². The summed E-state index contributed by atoms with van der Waals surface area (Å²) >= 11 is 5.60. The highest BCUT2D eigenvalue weighted by molar-refractivity contribution is 6.17. The van der Waals surface area contributed by atoms with Crippen molar-refractivity contribution in [3.8, 4) is 0 Å². The molecule has 0 bridgehead atoms. The highest BCUT2D eigenvalue weighted by atomic mass is 35.5. The van der Waals surface area contributed by atoms with Gasteiger partial charge in [0.25, 0.3) is 0 Å². The fourth-order valence-electron chi connectivity index (χ4n) is 1.48. The maximum Gasteiger partial charge on any atom is 0.0702 e. The van der Waals surface area contributed by atoms with Crippen LogP contribution in [0, 0.1) is 0 Å². The predicted octanol–water partition coefficient (Wildman–Crippen LogP) is 3.88. The number of rotatable bonds is 3. The lowest BCUT2D eigenvalue weighted by Gasteiger charge is -1.97. The van der Waals surface area contributed by atoms with Crippen molar-refractivity contribution in [2.24, 2.45) is 0 Å². The molecule has 2 aromatic rings. The van der Waals surface area contributed by atoms with Crippen LogP contribution < -0.4 is 0 Å². The van der Waals surface area contributed by atoms with Gasteiger partial charge in [0.2, 0.25) is 0 Å². The summed E-state index contributed by atoms with van der Waals surface area (Å²) in [6.07, 6.45) is 6.90. The largest absolute Gasteiger partial charge is 0.256 e. The minimum atomic E-state index is 0.672. The molecule has 1 nitrogen and oxygen atoms in total. The molecule has 2 rings (SSSR count). The van der Waals surface area contributed by atoms with Crippen molar-refractivity contribution < 1.29 is 0 Å². The van der Waals surface area contributed by atoms with Crippen LogP contribution in [0.25, 0.3) is 17.0 Å². The van der Waals surface area contributed by atoms with Gasteiger partial charge in [0, 0.05) is 17.5 Å². The van der Waals surface area contributed by atoms with Gasteiger partial charge in [0.1, 0.15) is 0 Å². The molecule has 0 saturated carbocycles. The molecule has 0 radical (unpaired) electrons. The normalized spacial score (nSPS) is 11.3. The molecule has 76 valence electrons. The number of allylic oxidation sites excluding steroid dienone is 1. The Kier molecular flexibility index (Phi) is 3.36. The second kappa shape index (κ2) is 4.94. The van der Waals surface area contributed by atoms with Crippen molar-refractivity contribution in [3.05, 3.63) is 48.2 Å². The molecule has 0 saturated heterocycles. The number of fused-ring (bicyclic) bond motifs is 1. The lowest BCUT2D eigenvalue weighted by molar-refractivity contribution is 1.24. The predicted molar refractivity (Wildman–Crippen MR) is 66.1 cm³/mol. The van der Waals surface area contributed by atoms with Crippen LogP contribution in [0.15, 0.2) is 42.6 Å². The number of pyridine rings is 1. The average Bonchev–Trinajstić information content (AvgIpc) is 2.29. The molecule has 2 heteroatoms. The molecular weight excluding hydrogens is 206 g/mol. The Balaban J connectivity index is 2.30. The third-order valence-electron chi connectivity index (χ3n) is 2.21. The van der Waals surface area contributed by atoms with E-state index in [-0.39, 0.29) is 0 Å². The summed E-state index contributed by atoms with van der Waals surface area (Å²) in [6.45, 7) is 0. The summed E-state index contributed by atoms with van der Waals surface area (Å²) in [7, 11) is 0. The lowest BCUT2D eigenvalue weighted by Crippen LogP contribution is -1.78. The molecule has 0 aliphatic heterocycles. The van der Waals surface area contributed by atoms with E-state index < -0.39 is 0 Å². The summed E-state index contributed by atoms with van der Waals surface area (Å²) in [4.78, 5) is 4.27. The van der Waals surface area contributed by atoms with Crippen molar-refractivity contribution in [1.29, 1.82) is 0 Å². The molecule has 15 heavy (non-hydrogen) atoms. The minimum absolute atomic E-state index is 0.672. The van der Waals surface area contributed by atoms with Crippen LogP contribution in [-0.4, -0.2) is 10.9 Å². The van der Waals surface area contributed by atoms with E-state index >= 15 is 0 Å². The van der Waals surface area contributed by atoms with Crippen LogP contribution >= 0.6 is 11.6 Å². The first-order chi connectivity index (χ1) is 7.40. The molecule has 0 aliphatic carbocycles. The van der Waals surface area contributed by atoms with E-state index in [1.165, 1.54) is 10.9 Å². The first-order valence-electron chi connectivity index (χ1n) is 4.97. The van der Waals surface area contributed by atoms with E-state index in [1.54, 1.807) is 0 Å². The topological polar surface area (TPSA) is 12.9 Å². The fourth-order valence-corrected chi connectivity index (χ4v) is 1.61. The van der Waals surface area contributed by atoms with Gasteiger partial charge in [-0.3, -0.25) is 4.98 Å². The maximum atomic E-state index is 5.60. The molecule has 1 aromatic heterocycles. The number of hydrogen-bond donors (Lipinski definition) is 0. The van der Waals surface area contributed by atoms with Crippen molar-refractivity contribution in [2.45, 2.75) is 6.42 Å². The Morgan fingerprint density at radius 1 is 1.27 bits per heavy atom. The van der Waals surface area contributed by atoms with Gasteiger partial charge in [-0.1, -0.05) is 24.3 Å². The smallest absolute Gasteiger partial charge is 0.0702 e. The quantitative estimate of drug-likeness (QED) is 0.712. The van der Waals surface area contributed by atoms with E-state index in [9.17, 15) is 0 Å². The number of benzene rings is 1. The van der Waals surface area contributed by atoms with Gasteiger partial charge in [-0.15, -0.1) is 11.6 Å². The summed E-state index contributed by atoms with van der Waals surface area (Å²) in [5.74, 6) is 0.672. The zero-order valence-electron chi connectivity index (χ0n) is 8.36. The number of nitrogens with zero attached hydrogens (tertiary/aromatic N) is 1. The molecule has 0 spiro atoms. The number of hydrogen-bond acceptors (Lipinski definition) is 1. The van der Waals surface area contributed by atoms with Gasteiger partial charge in [-0.25, -0.2) is 0 Å². The van der Waals surface area contributed by atoms with Crippen LogP contribution in [0.1, 0.15) is 12.0 Å². The van der Waals surface area contributed by atoms with Crippen LogP contribution in [0.2, 0.25) is 0 Å². The van der Waals surface area contributed by atoms with Crippen molar-refractivity contribution in [3.63, 3.8) is 0 Å². The number of alkyl halides is 1. The van der Waals surface area contributed by atoms with Gasteiger partial charge in [-0.05, 0) is 30.2 Å². The molecule has 1 heterocycles. The van der Waals surface area contributed by atoms with Crippen molar-refractivity contribution in [1.82, 2.24) is 4.98 Å². The Morgan fingerprint density at radius 2 is 2.20 bits per heavy atom. The van der Waals surface area contributed by atoms with Crippen LogP contribution in [0.5, 0.6) is 0 Å². The molecule has 0 atom stereocenters. The Labute approximate surface area is 94.4 Å². The summed E-state index contributed by atoms with van der Waals surface area (Å²) < 4.78 is 0. The third kappa shape index (κ3) is 2.57. The highest BCUT2D eigenvalue weighted by Crippen LogP contribution is 2.14. The first-order valence-corrected chi connectivity index (χ1v) is 5.51. The Morgan fingerprint density at radius 3 is 3.07 bits per heavy atom. The Bertz CT molecular complexity index is 477. The first kappa shape index (κ1) is 10.2. The fraction of sp³-hybridized carbons (Fsp3) is 0.154. The van der Waals surface area contributed by atoms with Crippen LogP contribution in [0.3, 0.4) is 0 Å². The SMILES string of the molecule is ClCC/C=C/c1ccc2ncccc2c1. The van der Waals surface area contributed by atoms with Gasteiger partial charge >= 0.3 is 0 Å². The molecular formula is C13H12ClN. The second-order valence-electron chi connectivity index (χ2n) is 3.34. The van der Waals surface area contributed by atoms with Gasteiger partial charge in [-0.2, -0.15) is 0 Å². The van der Waals surface area contributed by atoms with E-state index in [0.29, 0.717) is 5.88 Å². The molecule has 0 aliphatic rings. The monoisotopic (exact) mass is 217 g/mol. The second-order valence-corrected chi connectivity index (χ2v) is 3.71. The molecule has 0 N–H and O–H groups in total.